The molecule has 3 nitrogen and oxygen atoms in total. The Morgan fingerprint density at radius 1 is 1.12 bits per heavy atom. The van der Waals surface area contributed by atoms with Crippen LogP contribution in [0.15, 0.2) is 36.4 Å². The lowest BCUT2D eigenvalue weighted by Crippen LogP contribution is -2.10. The summed E-state index contributed by atoms with van der Waals surface area (Å²) in [6.07, 6.45) is 0. The predicted molar refractivity (Wildman–Crippen MR) is 70.3 cm³/mol. The van der Waals surface area contributed by atoms with Crippen molar-refractivity contribution in [1.29, 1.82) is 0 Å². The van der Waals surface area contributed by atoms with Crippen LogP contribution < -0.4 is 10.5 Å². The molecular weight excluding hydrogens is 212 g/mol. The van der Waals surface area contributed by atoms with E-state index in [9.17, 15) is 0 Å². The van der Waals surface area contributed by atoms with Gasteiger partial charge in [0.25, 0.3) is 0 Å². The molecule has 0 aliphatic rings. The van der Waals surface area contributed by atoms with Gasteiger partial charge in [-0.2, -0.15) is 0 Å². The molecule has 0 aliphatic carbocycles. The van der Waals surface area contributed by atoms with Crippen molar-refractivity contribution in [2.75, 3.05) is 12.3 Å². The molecule has 0 aliphatic heterocycles. The Kier molecular flexibility index (Phi) is 3.38. The fourth-order valence-corrected chi connectivity index (χ4v) is 1.91. The molecule has 0 radical (unpaired) electrons. The van der Waals surface area contributed by atoms with Gasteiger partial charge < -0.3 is 15.0 Å². The number of ether oxygens (including phenoxy) is 1. The summed E-state index contributed by atoms with van der Waals surface area (Å²) in [5.41, 5.74) is 8.95. The van der Waals surface area contributed by atoms with Crippen molar-refractivity contribution in [3.8, 4) is 5.75 Å². The minimum atomic E-state index is 0.653. The summed E-state index contributed by atoms with van der Waals surface area (Å²) in [6.45, 7) is 5.72. The molecule has 0 amide bonds. The lowest BCUT2D eigenvalue weighted by molar-refractivity contribution is 0.296. The Labute approximate surface area is 102 Å². The van der Waals surface area contributed by atoms with Crippen molar-refractivity contribution >= 4 is 5.69 Å². The first-order valence-electron chi connectivity index (χ1n) is 5.78. The van der Waals surface area contributed by atoms with E-state index in [0.29, 0.717) is 6.61 Å². The second-order valence-corrected chi connectivity index (χ2v) is 4.19. The van der Waals surface area contributed by atoms with E-state index >= 15 is 0 Å². The molecule has 90 valence electrons. The standard InChI is InChI=1S/C14H18N2O/c1-11-6-7-12(2)16(11)8-9-17-14-5-3-4-13(15)10-14/h3-7,10H,8-9,15H2,1-2H3. The Morgan fingerprint density at radius 3 is 2.47 bits per heavy atom. The molecule has 0 fully saturated rings. The smallest absolute Gasteiger partial charge is 0.121 e. The van der Waals surface area contributed by atoms with Gasteiger partial charge in [0.15, 0.2) is 0 Å². The first-order valence-corrected chi connectivity index (χ1v) is 5.78. The van der Waals surface area contributed by atoms with Gasteiger partial charge in [0, 0.05) is 23.1 Å². The predicted octanol–water partition coefficient (Wildman–Crippen LogP) is 2.77. The number of nitrogens with zero attached hydrogens (tertiary/aromatic N) is 1. The van der Waals surface area contributed by atoms with Crippen LogP contribution in [0.5, 0.6) is 5.75 Å². The van der Waals surface area contributed by atoms with E-state index in [2.05, 4.69) is 30.5 Å². The van der Waals surface area contributed by atoms with Gasteiger partial charge in [-0.05, 0) is 38.1 Å². The van der Waals surface area contributed by atoms with Gasteiger partial charge in [-0.3, -0.25) is 0 Å². The molecule has 0 saturated carbocycles. The Balaban J connectivity index is 1.92. The molecular formula is C14H18N2O. The Morgan fingerprint density at radius 2 is 1.82 bits per heavy atom. The van der Waals surface area contributed by atoms with Gasteiger partial charge in [-0.15, -0.1) is 0 Å². The van der Waals surface area contributed by atoms with Crippen molar-refractivity contribution in [3.63, 3.8) is 0 Å². The molecule has 17 heavy (non-hydrogen) atoms. The fraction of sp³-hybridized carbons (Fsp3) is 0.286. The van der Waals surface area contributed by atoms with Gasteiger partial charge >= 0.3 is 0 Å². The number of anilines is 1. The second-order valence-electron chi connectivity index (χ2n) is 4.19. The number of hydrogen-bond acceptors (Lipinski definition) is 2. The quantitative estimate of drug-likeness (QED) is 0.820. The average Bonchev–Trinajstić information content (AvgIpc) is 2.61. The van der Waals surface area contributed by atoms with Crippen LogP contribution in [0.2, 0.25) is 0 Å². The highest BCUT2D eigenvalue weighted by molar-refractivity contribution is 5.43. The zero-order valence-electron chi connectivity index (χ0n) is 10.3. The van der Waals surface area contributed by atoms with Crippen molar-refractivity contribution in [3.05, 3.63) is 47.8 Å². The highest BCUT2D eigenvalue weighted by atomic mass is 16.5. The van der Waals surface area contributed by atoms with Crippen LogP contribution in [0, 0.1) is 13.8 Å². The zero-order chi connectivity index (χ0) is 12.3. The molecule has 0 atom stereocenters. The number of rotatable bonds is 4. The van der Waals surface area contributed by atoms with Crippen LogP contribution in [-0.2, 0) is 6.54 Å². The monoisotopic (exact) mass is 230 g/mol. The second kappa shape index (κ2) is 4.95. The third kappa shape index (κ3) is 2.81. The number of nitrogen functional groups attached to an aromatic ring is 1. The highest BCUT2D eigenvalue weighted by Gasteiger charge is 2.01. The lowest BCUT2D eigenvalue weighted by Gasteiger charge is -2.11. The summed E-state index contributed by atoms with van der Waals surface area (Å²) in [4.78, 5) is 0. The van der Waals surface area contributed by atoms with Crippen LogP contribution in [-0.4, -0.2) is 11.2 Å². The molecule has 1 heterocycles. The van der Waals surface area contributed by atoms with Crippen LogP contribution in [0.25, 0.3) is 0 Å². The number of benzene rings is 1. The minimum Gasteiger partial charge on any atom is -0.492 e. The van der Waals surface area contributed by atoms with Gasteiger partial charge in [0.05, 0.1) is 6.54 Å². The normalized spacial score (nSPS) is 10.5. The summed E-state index contributed by atoms with van der Waals surface area (Å²) < 4.78 is 7.91. The van der Waals surface area contributed by atoms with Crippen molar-refractivity contribution < 1.29 is 4.74 Å². The molecule has 0 bridgehead atoms. The Hall–Kier alpha value is -1.90. The van der Waals surface area contributed by atoms with Gasteiger partial charge in [0.1, 0.15) is 12.4 Å². The van der Waals surface area contributed by atoms with Gasteiger partial charge in [0.2, 0.25) is 0 Å². The van der Waals surface area contributed by atoms with Crippen LogP contribution >= 0.6 is 0 Å². The van der Waals surface area contributed by atoms with Gasteiger partial charge in [-0.25, -0.2) is 0 Å². The van der Waals surface area contributed by atoms with E-state index in [1.165, 1.54) is 11.4 Å². The number of nitrogens with two attached hydrogens (primary N) is 1. The molecule has 1 aromatic carbocycles. The largest absolute Gasteiger partial charge is 0.492 e. The molecule has 0 unspecified atom stereocenters. The summed E-state index contributed by atoms with van der Waals surface area (Å²) in [7, 11) is 0. The maximum atomic E-state index is 5.69. The summed E-state index contributed by atoms with van der Waals surface area (Å²) >= 11 is 0. The topological polar surface area (TPSA) is 40.2 Å². The molecule has 0 spiro atoms. The third-order valence-corrected chi connectivity index (χ3v) is 2.86. The first-order chi connectivity index (χ1) is 8.16. The van der Waals surface area contributed by atoms with E-state index < -0.39 is 0 Å². The SMILES string of the molecule is Cc1ccc(C)n1CCOc1cccc(N)c1. The lowest BCUT2D eigenvalue weighted by atomic mass is 10.3. The van der Waals surface area contributed by atoms with Crippen molar-refractivity contribution in [1.82, 2.24) is 4.57 Å². The third-order valence-electron chi connectivity index (χ3n) is 2.86. The first kappa shape index (κ1) is 11.6. The van der Waals surface area contributed by atoms with Crippen molar-refractivity contribution in [2.24, 2.45) is 0 Å². The number of aryl methyl sites for hydroxylation is 2. The van der Waals surface area contributed by atoms with Crippen LogP contribution in [0.3, 0.4) is 0 Å². The molecule has 2 N–H and O–H groups in total. The zero-order valence-corrected chi connectivity index (χ0v) is 10.3. The summed E-state index contributed by atoms with van der Waals surface area (Å²) in [5.74, 6) is 0.826. The molecule has 1 aromatic heterocycles. The summed E-state index contributed by atoms with van der Waals surface area (Å²) in [6, 6.07) is 11.8. The van der Waals surface area contributed by atoms with Crippen LogP contribution in [0.1, 0.15) is 11.4 Å². The fourth-order valence-electron chi connectivity index (χ4n) is 1.91. The maximum absolute atomic E-state index is 5.69. The average molecular weight is 230 g/mol. The van der Waals surface area contributed by atoms with Gasteiger partial charge in [-0.1, -0.05) is 6.07 Å². The van der Waals surface area contributed by atoms with E-state index in [1.807, 2.05) is 24.3 Å². The highest BCUT2D eigenvalue weighted by Crippen LogP contribution is 2.14. The molecule has 2 aromatic rings. The van der Waals surface area contributed by atoms with E-state index in [0.717, 1.165) is 18.0 Å². The minimum absolute atomic E-state index is 0.653. The Bertz CT molecular complexity index is 483. The van der Waals surface area contributed by atoms with Crippen molar-refractivity contribution in [2.45, 2.75) is 20.4 Å². The number of hydrogen-bond donors (Lipinski definition) is 1. The maximum Gasteiger partial charge on any atom is 0.121 e. The molecule has 3 heteroatoms. The van der Waals surface area contributed by atoms with E-state index in [-0.39, 0.29) is 0 Å². The van der Waals surface area contributed by atoms with E-state index in [1.54, 1.807) is 0 Å². The summed E-state index contributed by atoms with van der Waals surface area (Å²) in [5, 5.41) is 0. The molecule has 2 rings (SSSR count). The van der Waals surface area contributed by atoms with E-state index in [4.69, 9.17) is 10.5 Å². The number of aromatic nitrogens is 1. The van der Waals surface area contributed by atoms with Crippen LogP contribution in [0.4, 0.5) is 5.69 Å². The molecule has 0 saturated heterocycles.